The first kappa shape index (κ1) is 21.9. The summed E-state index contributed by atoms with van der Waals surface area (Å²) in [6.45, 7) is 1.12. The molecule has 0 spiro atoms. The Bertz CT molecular complexity index is 975. The first-order valence-electron chi connectivity index (χ1n) is 9.53. The zero-order chi connectivity index (χ0) is 22.2. The van der Waals surface area contributed by atoms with Crippen LogP contribution in [-0.4, -0.2) is 77.0 Å². The first-order chi connectivity index (χ1) is 15.0. The molecule has 162 valence electrons. The van der Waals surface area contributed by atoms with Crippen molar-refractivity contribution in [3.8, 4) is 0 Å². The molecule has 0 aromatic carbocycles. The summed E-state index contributed by atoms with van der Waals surface area (Å²) in [5, 5.41) is 16.0. The number of nitrogens with zero attached hydrogens (tertiary/aromatic N) is 5. The number of rotatable bonds is 8. The highest BCUT2D eigenvalue weighted by Gasteiger charge is 2.26. The zero-order valence-corrected chi connectivity index (χ0v) is 17.1. The second-order valence-corrected chi connectivity index (χ2v) is 6.66. The van der Waals surface area contributed by atoms with Crippen LogP contribution in [0.2, 0.25) is 0 Å². The Labute approximate surface area is 178 Å². The normalized spacial score (nSPS) is 16.6. The standard InChI is InChI=1S/C19H23N9O3/c1-21-7-14(15(20)18(29)22-2)28-19(30)16-17(26-12-5-23-10-24-6-12)25-8-13(27-16)11-3-4-31-9-11/h5-8,10-11,14,20H,3-4,9H2,1-2H3,(H,22,29)(H,25,26)(H,28,30). The van der Waals surface area contributed by atoms with Crippen molar-refractivity contribution in [3.05, 3.63) is 36.3 Å². The topological polar surface area (TPSA) is 167 Å². The molecule has 12 nitrogen and oxygen atoms in total. The number of hydrogen-bond donors (Lipinski definition) is 4. The van der Waals surface area contributed by atoms with Gasteiger partial charge in [0.1, 0.15) is 18.1 Å². The largest absolute Gasteiger partial charge is 0.381 e. The van der Waals surface area contributed by atoms with Crippen LogP contribution < -0.4 is 16.0 Å². The first-order valence-corrected chi connectivity index (χ1v) is 9.53. The maximum absolute atomic E-state index is 13.1. The van der Waals surface area contributed by atoms with Crippen molar-refractivity contribution >= 4 is 35.2 Å². The minimum Gasteiger partial charge on any atom is -0.381 e. The van der Waals surface area contributed by atoms with E-state index in [0.717, 1.165) is 6.42 Å². The van der Waals surface area contributed by atoms with Gasteiger partial charge in [-0.2, -0.15) is 0 Å². The molecule has 2 aromatic rings. The van der Waals surface area contributed by atoms with Crippen LogP contribution in [0.1, 0.15) is 28.5 Å². The van der Waals surface area contributed by atoms with E-state index in [1.807, 2.05) is 0 Å². The van der Waals surface area contributed by atoms with Gasteiger partial charge >= 0.3 is 0 Å². The van der Waals surface area contributed by atoms with Gasteiger partial charge in [0.15, 0.2) is 11.5 Å². The molecule has 1 saturated heterocycles. The fourth-order valence-corrected chi connectivity index (χ4v) is 2.94. The number of anilines is 2. The lowest BCUT2D eigenvalue weighted by Gasteiger charge is -2.17. The lowest BCUT2D eigenvalue weighted by molar-refractivity contribution is -0.114. The molecule has 0 saturated carbocycles. The molecule has 3 heterocycles. The maximum atomic E-state index is 13.1. The third-order valence-electron chi connectivity index (χ3n) is 4.54. The van der Waals surface area contributed by atoms with Crippen molar-refractivity contribution < 1.29 is 14.3 Å². The Morgan fingerprint density at radius 1 is 1.32 bits per heavy atom. The summed E-state index contributed by atoms with van der Waals surface area (Å²) in [6.07, 6.45) is 8.12. The molecule has 31 heavy (non-hydrogen) atoms. The lowest BCUT2D eigenvalue weighted by atomic mass is 10.1. The molecule has 0 radical (unpaired) electrons. The molecule has 0 aliphatic carbocycles. The average Bonchev–Trinajstić information content (AvgIpc) is 3.33. The highest BCUT2D eigenvalue weighted by molar-refractivity contribution is 6.42. The molecule has 3 rings (SSSR count). The molecule has 1 fully saturated rings. The fraction of sp³-hybridized carbons (Fsp3) is 0.368. The van der Waals surface area contributed by atoms with Gasteiger partial charge in [0.05, 0.1) is 36.6 Å². The van der Waals surface area contributed by atoms with E-state index in [1.165, 1.54) is 39.0 Å². The summed E-state index contributed by atoms with van der Waals surface area (Å²) >= 11 is 0. The summed E-state index contributed by atoms with van der Waals surface area (Å²) in [5.41, 5.74) is 0.792. The quantitative estimate of drug-likeness (QED) is 0.431. The van der Waals surface area contributed by atoms with Gasteiger partial charge in [-0.1, -0.05) is 0 Å². The lowest BCUT2D eigenvalue weighted by Crippen LogP contribution is -2.47. The number of carbonyl (C=O) groups excluding carboxylic acids is 2. The summed E-state index contributed by atoms with van der Waals surface area (Å²) in [5.74, 6) is -1.03. The van der Waals surface area contributed by atoms with Crippen LogP contribution in [0.4, 0.5) is 11.5 Å². The molecule has 1 aliphatic rings. The molecular formula is C19H23N9O3. The molecule has 2 unspecified atom stereocenters. The van der Waals surface area contributed by atoms with Crippen LogP contribution in [0.5, 0.6) is 0 Å². The SMILES string of the molecule is CN=CC(NC(=O)c1nc(C2CCOC2)cnc1Nc1cncnc1)C(=N)C(=O)NC. The van der Waals surface area contributed by atoms with Gasteiger partial charge in [-0.05, 0) is 6.42 Å². The number of aromatic nitrogens is 4. The van der Waals surface area contributed by atoms with Crippen molar-refractivity contribution in [2.24, 2.45) is 4.99 Å². The van der Waals surface area contributed by atoms with Gasteiger partial charge in [0, 0.05) is 32.8 Å². The Morgan fingerprint density at radius 2 is 2.10 bits per heavy atom. The number of carbonyl (C=O) groups is 2. The van der Waals surface area contributed by atoms with Gasteiger partial charge in [-0.15, -0.1) is 0 Å². The second kappa shape index (κ2) is 10.3. The van der Waals surface area contributed by atoms with E-state index in [9.17, 15) is 9.59 Å². The second-order valence-electron chi connectivity index (χ2n) is 6.66. The Kier molecular flexibility index (Phi) is 7.27. The van der Waals surface area contributed by atoms with Gasteiger partial charge in [0.2, 0.25) is 0 Å². The van der Waals surface area contributed by atoms with Crippen LogP contribution >= 0.6 is 0 Å². The number of ether oxygens (including phenoxy) is 1. The number of amides is 2. The Morgan fingerprint density at radius 3 is 2.74 bits per heavy atom. The number of aliphatic imine (C=N–C) groups is 1. The van der Waals surface area contributed by atoms with Crippen LogP contribution in [0.3, 0.4) is 0 Å². The molecule has 0 bridgehead atoms. The Hall–Kier alpha value is -3.80. The van der Waals surface area contributed by atoms with E-state index in [-0.39, 0.29) is 23.1 Å². The van der Waals surface area contributed by atoms with Gasteiger partial charge in [0.25, 0.3) is 11.8 Å². The minimum atomic E-state index is -1.04. The smallest absolute Gasteiger partial charge is 0.274 e. The van der Waals surface area contributed by atoms with E-state index in [0.29, 0.717) is 24.6 Å². The molecule has 2 atom stereocenters. The van der Waals surface area contributed by atoms with Crippen LogP contribution in [0, 0.1) is 5.41 Å². The van der Waals surface area contributed by atoms with Crippen LogP contribution in [-0.2, 0) is 9.53 Å². The minimum absolute atomic E-state index is 0.00691. The predicted molar refractivity (Wildman–Crippen MR) is 113 cm³/mol. The Balaban J connectivity index is 1.92. The van der Waals surface area contributed by atoms with Crippen molar-refractivity contribution in [1.82, 2.24) is 30.6 Å². The molecular weight excluding hydrogens is 402 g/mol. The fourth-order valence-electron chi connectivity index (χ4n) is 2.94. The monoisotopic (exact) mass is 425 g/mol. The van der Waals surface area contributed by atoms with Gasteiger partial charge < -0.3 is 20.7 Å². The summed E-state index contributed by atoms with van der Waals surface area (Å²) in [6, 6.07) is -1.04. The number of nitrogens with one attached hydrogen (secondary N) is 4. The summed E-state index contributed by atoms with van der Waals surface area (Å²) in [7, 11) is 2.89. The third kappa shape index (κ3) is 5.42. The highest BCUT2D eigenvalue weighted by Crippen LogP contribution is 2.25. The third-order valence-corrected chi connectivity index (χ3v) is 4.54. The van der Waals surface area contributed by atoms with Crippen molar-refractivity contribution in [1.29, 1.82) is 5.41 Å². The van der Waals surface area contributed by atoms with Gasteiger partial charge in [-0.25, -0.2) is 19.9 Å². The van der Waals surface area contributed by atoms with Crippen molar-refractivity contribution in [2.45, 2.75) is 18.4 Å². The highest BCUT2D eigenvalue weighted by atomic mass is 16.5. The van der Waals surface area contributed by atoms with E-state index < -0.39 is 17.9 Å². The summed E-state index contributed by atoms with van der Waals surface area (Å²) in [4.78, 5) is 45.6. The number of hydrogen-bond acceptors (Lipinski definition) is 10. The van der Waals surface area contributed by atoms with Gasteiger partial charge in [-0.3, -0.25) is 20.0 Å². The van der Waals surface area contributed by atoms with E-state index in [1.54, 1.807) is 6.20 Å². The van der Waals surface area contributed by atoms with E-state index in [4.69, 9.17) is 10.1 Å². The molecule has 2 aromatic heterocycles. The van der Waals surface area contributed by atoms with Crippen molar-refractivity contribution in [2.75, 3.05) is 32.6 Å². The van der Waals surface area contributed by atoms with Crippen LogP contribution in [0.25, 0.3) is 0 Å². The predicted octanol–water partition coefficient (Wildman–Crippen LogP) is 0.0789. The maximum Gasteiger partial charge on any atom is 0.274 e. The summed E-state index contributed by atoms with van der Waals surface area (Å²) < 4.78 is 5.41. The van der Waals surface area contributed by atoms with E-state index in [2.05, 4.69) is 40.9 Å². The molecule has 12 heteroatoms. The van der Waals surface area contributed by atoms with Crippen molar-refractivity contribution in [3.63, 3.8) is 0 Å². The van der Waals surface area contributed by atoms with E-state index >= 15 is 0 Å². The average molecular weight is 425 g/mol. The molecule has 1 aliphatic heterocycles. The zero-order valence-electron chi connectivity index (χ0n) is 17.1. The molecule has 4 N–H and O–H groups in total. The van der Waals surface area contributed by atoms with Crippen LogP contribution in [0.15, 0.2) is 29.9 Å². The molecule has 2 amide bonds.